The van der Waals surface area contributed by atoms with Crippen LogP contribution in [0.25, 0.3) is 10.8 Å². The van der Waals surface area contributed by atoms with Crippen molar-refractivity contribution in [2.45, 2.75) is 19.6 Å². The fraction of sp³-hybridized carbons (Fsp3) is 0.0714. The lowest BCUT2D eigenvalue weighted by Crippen LogP contribution is -2.15. The van der Waals surface area contributed by atoms with E-state index in [9.17, 15) is 27.2 Å². The second kappa shape index (κ2) is 20.6. The van der Waals surface area contributed by atoms with Crippen LogP contribution in [-0.2, 0) is 52.5 Å². The Kier molecular flexibility index (Phi) is 15.7. The number of nitriles is 1. The molecule has 1 heterocycles. The maximum absolute atomic E-state index is 12.7. The molecule has 10 N–H and O–H groups in total. The molecule has 5 aromatic rings. The number of hydrogen-bond donors (Lipinski definition) is 9. The van der Waals surface area contributed by atoms with Gasteiger partial charge in [-0.2, -0.15) is 28.6 Å². The molecule has 26 nitrogen and oxygen atoms in total. The molecule has 31 heteroatoms. The number of phenols is 1. The molecule has 0 radical (unpaired) electrons. The second-order valence-corrected chi connectivity index (χ2v) is 16.1. The molecule has 0 saturated carbocycles. The molecule has 59 heavy (non-hydrogen) atoms. The van der Waals surface area contributed by atoms with Crippen LogP contribution in [-0.4, -0.2) is 69.6 Å². The third-order valence-electron chi connectivity index (χ3n) is 6.95. The Morgan fingerprint density at radius 2 is 1.44 bits per heavy atom. The van der Waals surface area contributed by atoms with Gasteiger partial charge in [0.25, 0.3) is 0 Å². The van der Waals surface area contributed by atoms with Gasteiger partial charge in [0.15, 0.2) is 16.0 Å². The van der Waals surface area contributed by atoms with Crippen LogP contribution >= 0.6 is 36.1 Å². The van der Waals surface area contributed by atoms with Gasteiger partial charge >= 0.3 is 10.4 Å². The van der Waals surface area contributed by atoms with E-state index in [-0.39, 0.29) is 77.0 Å². The number of fused-ring (bicyclic) bond motifs is 1. The average Bonchev–Trinajstić information content (AvgIpc) is 3.18. The summed E-state index contributed by atoms with van der Waals surface area (Å²) in [5, 5.41) is 74.2. The summed E-state index contributed by atoms with van der Waals surface area (Å²) < 4.78 is 73.6. The van der Waals surface area contributed by atoms with Gasteiger partial charge in [0.2, 0.25) is 17.8 Å². The number of benzene rings is 4. The lowest BCUT2D eigenvalue weighted by atomic mass is 10.1. The first-order valence-electron chi connectivity index (χ1n) is 15.2. The molecule has 1 aromatic heterocycles. The maximum atomic E-state index is 12.7. The van der Waals surface area contributed by atoms with E-state index in [0.29, 0.717) is 41.5 Å². The van der Waals surface area contributed by atoms with E-state index in [2.05, 4.69) is 73.4 Å². The van der Waals surface area contributed by atoms with Crippen LogP contribution in [0.5, 0.6) is 5.75 Å². The van der Waals surface area contributed by atoms with E-state index in [0.717, 1.165) is 0 Å². The largest absolute Gasteiger partial charge is 0.507 e. The van der Waals surface area contributed by atoms with E-state index >= 15 is 0 Å². The van der Waals surface area contributed by atoms with Gasteiger partial charge in [-0.05, 0) is 60.0 Å². The zero-order chi connectivity index (χ0) is 42.6. The molecule has 0 amide bonds. The highest BCUT2D eigenvalue weighted by atomic mass is 32.3. The summed E-state index contributed by atoms with van der Waals surface area (Å²) in [7, 11) is -8.94. The van der Waals surface area contributed by atoms with Crippen LogP contribution in [0.4, 0.5) is 46.3 Å². The number of nitrogen functional groups attached to an aromatic ring is 1. The Bertz CT molecular complexity index is 2610. The molecule has 0 unspecified atom stereocenters. The Labute approximate surface area is 343 Å². The number of aromatic nitrogens is 3. The lowest BCUT2D eigenvalue weighted by Gasteiger charge is -2.13. The fourth-order valence-corrected chi connectivity index (χ4v) is 7.59. The zero-order valence-corrected chi connectivity index (χ0v) is 32.8. The molecule has 0 aliphatic carbocycles. The maximum Gasteiger partial charge on any atom is 0.397 e. The number of sulfone groups is 1. The molecule has 0 aliphatic rings. The number of nitrogens with two attached hydrogens (primary N) is 1. The third kappa shape index (κ3) is 12.6. The van der Waals surface area contributed by atoms with Crippen LogP contribution in [0, 0.1) is 11.5 Å². The first-order valence-corrected chi connectivity index (χ1v) is 20.5. The molecule has 0 aliphatic heterocycles. The Hall–Kier alpha value is -5.25. The minimum absolute atomic E-state index is 0.0731. The first-order chi connectivity index (χ1) is 28.2. The number of nitrogens with one attached hydrogen (secondary N) is 3. The average molecular weight is 917 g/mol. The number of anilines is 6. The van der Waals surface area contributed by atoms with Gasteiger partial charge < -0.3 is 21.5 Å². The summed E-state index contributed by atoms with van der Waals surface area (Å²) >= 11 is 1.54. The fourth-order valence-electron chi connectivity index (χ4n) is 4.67. The van der Waals surface area contributed by atoms with Crippen molar-refractivity contribution in [3.8, 4) is 11.9 Å². The molecule has 312 valence electrons. The molecule has 0 fully saturated rings. The van der Waals surface area contributed by atoms with Crippen molar-refractivity contribution in [3.05, 3.63) is 60.7 Å². The van der Waals surface area contributed by atoms with Crippen molar-refractivity contribution in [2.75, 3.05) is 34.0 Å². The topological polar surface area (TPSA) is 383 Å². The van der Waals surface area contributed by atoms with Crippen molar-refractivity contribution < 1.29 is 74.6 Å². The van der Waals surface area contributed by atoms with Crippen molar-refractivity contribution >= 4 is 113 Å². The van der Waals surface area contributed by atoms with Crippen molar-refractivity contribution in [1.82, 2.24) is 15.0 Å². The van der Waals surface area contributed by atoms with E-state index in [1.165, 1.54) is 60.7 Å². The molecule has 0 saturated heterocycles. The number of nitrogens with zero attached hydrogens (tertiary/aromatic N) is 6. The number of aromatic hydroxyl groups is 1. The van der Waals surface area contributed by atoms with Gasteiger partial charge in [0.05, 0.1) is 74.2 Å². The van der Waals surface area contributed by atoms with E-state index < -0.39 is 32.6 Å². The SMILES string of the molecule is N#CNc1nc(Nc2cccc(S(=O)(=O)CCOS(=O)(=O)O)c2)nc(Nc2ccc(N=Nc3c(N)c(SOOO)cc4cc(SOOO)cc(O)c34)c(SOOO)c2)n1. The summed E-state index contributed by atoms with van der Waals surface area (Å²) in [6.45, 7) is -0.837. The van der Waals surface area contributed by atoms with E-state index in [1.54, 1.807) is 6.19 Å². The van der Waals surface area contributed by atoms with E-state index in [4.69, 9.17) is 26.1 Å². The smallest absolute Gasteiger partial charge is 0.397 e. The standard InChI is InChI=1S/C28H24N10O16S5/c29-13-31-26-34-27(32-15-2-1-3-18(10-15)58(43,44)7-6-48-59(45,46)47)36-28(35-26)33-16-4-5-19(21(11-16)56-53-50-41)37-38-25-23-14(9-22(24(25)30)57-54-51-42)8-17(12-20(23)39)55-52-49-40/h1-5,8-12,39-42H,6-7,30H2,(H,45,46,47)(H3,31,32,33,34,35,36). The highest BCUT2D eigenvalue weighted by Gasteiger charge is 2.20. The predicted octanol–water partition coefficient (Wildman–Crippen LogP) is 5.99. The number of phenolic OH excluding ortho intramolecular Hbond substituents is 1. The van der Waals surface area contributed by atoms with E-state index in [1.807, 2.05) is 0 Å². The Balaban J connectivity index is 1.45. The normalized spacial score (nSPS) is 11.8. The molecule has 0 atom stereocenters. The van der Waals surface area contributed by atoms with Gasteiger partial charge in [-0.15, -0.1) is 23.2 Å². The minimum Gasteiger partial charge on any atom is -0.507 e. The van der Waals surface area contributed by atoms with Crippen molar-refractivity contribution in [3.63, 3.8) is 0 Å². The highest BCUT2D eigenvalue weighted by molar-refractivity contribution is 7.95. The molecule has 5 rings (SSSR count). The predicted molar refractivity (Wildman–Crippen MR) is 204 cm³/mol. The molecular weight excluding hydrogens is 893 g/mol. The van der Waals surface area contributed by atoms with Gasteiger partial charge in [0.1, 0.15) is 17.1 Å². The van der Waals surface area contributed by atoms with Crippen molar-refractivity contribution in [2.24, 2.45) is 10.2 Å². The Morgan fingerprint density at radius 1 is 0.797 bits per heavy atom. The quantitative estimate of drug-likeness (QED) is 0.00596. The Morgan fingerprint density at radius 3 is 2.10 bits per heavy atom. The first kappa shape index (κ1) is 44.8. The van der Waals surface area contributed by atoms with Gasteiger partial charge in [-0.1, -0.05) is 21.2 Å². The van der Waals surface area contributed by atoms with Gasteiger partial charge in [-0.25, -0.2) is 28.4 Å². The van der Waals surface area contributed by atoms with Gasteiger partial charge in [0, 0.05) is 16.3 Å². The molecule has 0 bridgehead atoms. The highest BCUT2D eigenvalue weighted by Crippen LogP contribution is 2.46. The van der Waals surface area contributed by atoms with Crippen LogP contribution < -0.4 is 21.7 Å². The van der Waals surface area contributed by atoms with Crippen LogP contribution in [0.1, 0.15) is 0 Å². The minimum atomic E-state index is -4.85. The zero-order valence-electron chi connectivity index (χ0n) is 28.7. The summed E-state index contributed by atoms with van der Waals surface area (Å²) in [5.41, 5.74) is 6.69. The number of hydrogen-bond acceptors (Lipinski definition) is 28. The van der Waals surface area contributed by atoms with Gasteiger partial charge in [-0.3, -0.25) is 9.87 Å². The van der Waals surface area contributed by atoms with Crippen LogP contribution in [0.3, 0.4) is 0 Å². The second-order valence-electron chi connectivity index (χ2n) is 10.6. The molecule has 0 spiro atoms. The summed E-state index contributed by atoms with van der Waals surface area (Å²) in [5.74, 6) is -1.68. The lowest BCUT2D eigenvalue weighted by molar-refractivity contribution is -0.432. The molecule has 4 aromatic carbocycles. The number of azo groups is 1. The summed E-state index contributed by atoms with van der Waals surface area (Å²) in [6, 6.07) is 13.8. The number of rotatable bonds is 21. The van der Waals surface area contributed by atoms with Crippen LogP contribution in [0.15, 0.2) is 90.5 Å². The molecular formula is C28H24N10O16S5. The monoisotopic (exact) mass is 916 g/mol. The van der Waals surface area contributed by atoms with Crippen molar-refractivity contribution in [1.29, 1.82) is 5.26 Å². The third-order valence-corrected chi connectivity index (χ3v) is 10.9. The van der Waals surface area contributed by atoms with Crippen LogP contribution in [0.2, 0.25) is 0 Å². The summed E-state index contributed by atoms with van der Waals surface area (Å²) in [4.78, 5) is 12.8. The summed E-state index contributed by atoms with van der Waals surface area (Å²) in [6.07, 6.45) is 1.67.